The highest BCUT2D eigenvalue weighted by molar-refractivity contribution is 5.91. The van der Waals surface area contributed by atoms with Gasteiger partial charge in [0.25, 0.3) is 0 Å². The molecular formula is C38H46O18. The van der Waals surface area contributed by atoms with Crippen LogP contribution in [0.4, 0.5) is 0 Å². The van der Waals surface area contributed by atoms with Crippen LogP contribution in [-0.2, 0) is 55.6 Å². The Labute approximate surface area is 320 Å². The monoisotopic (exact) mass is 790 g/mol. The van der Waals surface area contributed by atoms with Gasteiger partial charge in [0.05, 0.1) is 44.7 Å². The first-order valence-electron chi connectivity index (χ1n) is 18.1. The lowest BCUT2D eigenvalue weighted by molar-refractivity contribution is -0.369. The van der Waals surface area contributed by atoms with Gasteiger partial charge in [-0.25, -0.2) is 4.79 Å². The molecule has 0 spiro atoms. The molecule has 306 valence electrons. The number of rotatable bonds is 6. The second-order valence-electron chi connectivity index (χ2n) is 13.6. The van der Waals surface area contributed by atoms with Gasteiger partial charge in [0.1, 0.15) is 54.6 Å². The maximum atomic E-state index is 13.5. The number of carbonyl (C=O) groups excluding carboxylic acids is 2. The molecule has 4 bridgehead atoms. The van der Waals surface area contributed by atoms with Crippen molar-refractivity contribution in [2.24, 2.45) is 5.92 Å². The van der Waals surface area contributed by atoms with Gasteiger partial charge in [-0.3, -0.25) is 4.79 Å². The molecule has 0 radical (unpaired) electrons. The summed E-state index contributed by atoms with van der Waals surface area (Å²) in [6.45, 7) is -0.0548. The van der Waals surface area contributed by atoms with Crippen LogP contribution in [-0.4, -0.2) is 147 Å². The summed E-state index contributed by atoms with van der Waals surface area (Å²) < 4.78 is 45.5. The van der Waals surface area contributed by atoms with E-state index >= 15 is 0 Å². The Morgan fingerprint density at radius 3 is 2.11 bits per heavy atom. The second-order valence-corrected chi connectivity index (χ2v) is 13.6. The smallest absolute Gasteiger partial charge is 0.337 e. The Morgan fingerprint density at radius 1 is 0.768 bits per heavy atom. The van der Waals surface area contributed by atoms with E-state index in [2.05, 4.69) is 0 Å². The molecule has 7 rings (SSSR count). The van der Waals surface area contributed by atoms with Crippen molar-refractivity contribution in [3.63, 3.8) is 0 Å². The van der Waals surface area contributed by atoms with E-state index in [1.54, 1.807) is 43.3 Å². The molecule has 18 heteroatoms. The average molecular weight is 791 g/mol. The number of carbonyl (C=O) groups is 2. The molecule has 2 aromatic rings. The summed E-state index contributed by atoms with van der Waals surface area (Å²) in [5.41, 5.74) is 1.73. The van der Waals surface area contributed by atoms with Crippen LogP contribution in [0, 0.1) is 5.92 Å². The predicted molar refractivity (Wildman–Crippen MR) is 186 cm³/mol. The minimum absolute atomic E-state index is 0.0302. The van der Waals surface area contributed by atoms with Crippen LogP contribution in [0.25, 0.3) is 0 Å². The van der Waals surface area contributed by atoms with Crippen LogP contribution < -0.4 is 4.74 Å². The predicted octanol–water partition coefficient (Wildman–Crippen LogP) is -0.797. The summed E-state index contributed by atoms with van der Waals surface area (Å²) in [7, 11) is 0. The minimum Gasteiger partial charge on any atom is -0.504 e. The van der Waals surface area contributed by atoms with Crippen LogP contribution >= 0.6 is 0 Å². The summed E-state index contributed by atoms with van der Waals surface area (Å²) in [6, 6.07) is 11.8. The van der Waals surface area contributed by atoms with Gasteiger partial charge in [0, 0.05) is 24.3 Å². The van der Waals surface area contributed by atoms with E-state index in [0.717, 1.165) is 11.8 Å². The third kappa shape index (κ3) is 9.17. The van der Waals surface area contributed by atoms with Gasteiger partial charge in [0.15, 0.2) is 24.1 Å². The topological polar surface area (TPSA) is 270 Å². The molecule has 5 heterocycles. The summed E-state index contributed by atoms with van der Waals surface area (Å²) in [4.78, 5) is 26.8. The lowest BCUT2D eigenvalue weighted by Gasteiger charge is -2.46. The quantitative estimate of drug-likeness (QED) is 0.132. The first-order chi connectivity index (χ1) is 26.9. The van der Waals surface area contributed by atoms with Crippen molar-refractivity contribution in [1.82, 2.24) is 0 Å². The molecule has 5 aliphatic rings. The van der Waals surface area contributed by atoms with Gasteiger partial charge in [-0.1, -0.05) is 24.3 Å². The van der Waals surface area contributed by atoms with E-state index in [1.165, 1.54) is 12.1 Å². The number of ether oxygens (including phenoxy) is 8. The van der Waals surface area contributed by atoms with Crippen molar-refractivity contribution in [2.45, 2.75) is 93.9 Å². The molecule has 0 aliphatic carbocycles. The minimum atomic E-state index is -1.88. The number of phenols is 1. The average Bonchev–Trinajstić information content (AvgIpc) is 3.19. The lowest BCUT2D eigenvalue weighted by Crippen LogP contribution is -2.65. The molecular weight excluding hydrogens is 744 g/mol. The van der Waals surface area contributed by atoms with E-state index in [0.29, 0.717) is 17.7 Å². The standard InChI is InChI=1S/C38H46O18/c1-2-21-22-14-28(42)49-11-10-19-5-8-24(41)25(13-19)52-20-6-3-18(4-7-20)9-12-50-35(48)23(22)17-51-36(21)56-38-33(47)34(30(44)27(16-40)54-38)55-37-32(46)31(45)29(43)26(15-39)53-37/h2-8,13,17,22,26-27,29-34,36-41,43-47H,9-12,14-16H2,1H3/b21-2-/t22-,26+,27-,29+,30+,31-,32+,33-,34-,36-,37-,38-/m0/s1. The molecule has 5 aliphatic heterocycles. The maximum Gasteiger partial charge on any atom is 0.337 e. The number of phenolic OH excluding ortho intramolecular Hbond substituents is 1. The molecule has 0 aromatic heterocycles. The van der Waals surface area contributed by atoms with Crippen molar-refractivity contribution in [1.29, 1.82) is 0 Å². The van der Waals surface area contributed by atoms with E-state index in [9.17, 15) is 50.4 Å². The molecule has 0 unspecified atom stereocenters. The molecule has 2 fully saturated rings. The van der Waals surface area contributed by atoms with Crippen LogP contribution in [0.5, 0.6) is 17.2 Å². The number of esters is 2. The van der Waals surface area contributed by atoms with Gasteiger partial charge in [0.2, 0.25) is 6.29 Å². The van der Waals surface area contributed by atoms with E-state index in [4.69, 9.17) is 37.9 Å². The summed E-state index contributed by atoms with van der Waals surface area (Å²) in [5.74, 6) is -1.88. The fourth-order valence-corrected chi connectivity index (χ4v) is 6.79. The molecule has 2 aromatic carbocycles. The number of aliphatic hydroxyl groups is 7. The molecule has 0 saturated carbocycles. The lowest BCUT2D eigenvalue weighted by atomic mass is 9.86. The largest absolute Gasteiger partial charge is 0.504 e. The van der Waals surface area contributed by atoms with E-state index in [1.807, 2.05) is 0 Å². The normalized spacial score (nSPS) is 35.1. The summed E-state index contributed by atoms with van der Waals surface area (Å²) in [5, 5.41) is 83.1. The molecule has 56 heavy (non-hydrogen) atoms. The molecule has 2 saturated heterocycles. The van der Waals surface area contributed by atoms with Crippen LogP contribution in [0.15, 0.2) is 65.9 Å². The van der Waals surface area contributed by atoms with Crippen molar-refractivity contribution >= 4 is 11.9 Å². The van der Waals surface area contributed by atoms with E-state index < -0.39 is 98.8 Å². The number of benzene rings is 2. The highest BCUT2D eigenvalue weighted by Gasteiger charge is 2.52. The first kappa shape index (κ1) is 41.5. The zero-order valence-electron chi connectivity index (χ0n) is 30.2. The van der Waals surface area contributed by atoms with Gasteiger partial charge in [-0.05, 0) is 42.3 Å². The first-order valence-corrected chi connectivity index (χ1v) is 18.1. The molecule has 8 N–H and O–H groups in total. The Morgan fingerprint density at radius 2 is 1.41 bits per heavy atom. The number of hydrogen-bond donors (Lipinski definition) is 8. The van der Waals surface area contributed by atoms with E-state index in [-0.39, 0.29) is 48.7 Å². The summed E-state index contributed by atoms with van der Waals surface area (Å²) in [6.07, 6.45) is -15.6. The third-order valence-electron chi connectivity index (χ3n) is 9.98. The van der Waals surface area contributed by atoms with Gasteiger partial charge < -0.3 is 78.7 Å². The zero-order valence-corrected chi connectivity index (χ0v) is 30.2. The number of allylic oxidation sites excluding steroid dienone is 1. The fraction of sp³-hybridized carbons (Fsp3) is 0.526. The van der Waals surface area contributed by atoms with Crippen LogP contribution in [0.1, 0.15) is 24.5 Å². The van der Waals surface area contributed by atoms with Crippen molar-refractivity contribution in [3.05, 3.63) is 77.1 Å². The van der Waals surface area contributed by atoms with Crippen LogP contribution in [0.3, 0.4) is 0 Å². The third-order valence-corrected chi connectivity index (χ3v) is 9.98. The Hall–Kier alpha value is -4.18. The van der Waals surface area contributed by atoms with Gasteiger partial charge in [-0.2, -0.15) is 0 Å². The van der Waals surface area contributed by atoms with Crippen molar-refractivity contribution in [2.75, 3.05) is 26.4 Å². The molecule has 12 atom stereocenters. The van der Waals surface area contributed by atoms with Crippen molar-refractivity contribution in [3.8, 4) is 17.2 Å². The highest BCUT2D eigenvalue weighted by atomic mass is 16.8. The SMILES string of the molecule is C/C=C1\[C@H](O[C@@H]2O[C@@H](CO)[C@@H](O)[C@H](O[C@@H]3O[C@H](CO)[C@@H](O)[C@H](O)[C@H]3O)[C@@H]2O)OC=C2C(=O)OCCc3ccc(cc3)Oc3cc(ccc3O)CCOC(=O)C[C@H]21. The van der Waals surface area contributed by atoms with Crippen molar-refractivity contribution < 1.29 is 88.3 Å². The number of aliphatic hydroxyl groups excluding tert-OH is 7. The molecule has 0 amide bonds. The number of fused-ring (bicyclic) bond motifs is 9. The maximum absolute atomic E-state index is 13.5. The second kappa shape index (κ2) is 18.4. The number of aromatic hydroxyl groups is 1. The number of hydrogen-bond acceptors (Lipinski definition) is 18. The zero-order chi connectivity index (χ0) is 40.1. The molecule has 18 nitrogen and oxygen atoms in total. The Bertz CT molecular complexity index is 1730. The Balaban J connectivity index is 1.22. The summed E-state index contributed by atoms with van der Waals surface area (Å²) >= 11 is 0. The highest BCUT2D eigenvalue weighted by Crippen LogP contribution is 2.38. The van der Waals surface area contributed by atoms with Crippen LogP contribution in [0.2, 0.25) is 0 Å². The van der Waals surface area contributed by atoms with Gasteiger partial charge in [-0.15, -0.1) is 0 Å². The Kier molecular flexibility index (Phi) is 13.6. The fourth-order valence-electron chi connectivity index (χ4n) is 6.79. The van der Waals surface area contributed by atoms with Gasteiger partial charge >= 0.3 is 11.9 Å².